The maximum Gasteiger partial charge on any atom is 0.218 e. The number of methoxy groups -OCH3 is 2. The van der Waals surface area contributed by atoms with E-state index in [2.05, 4.69) is 49.3 Å². The van der Waals surface area contributed by atoms with Crippen LogP contribution in [0.4, 0.5) is 0 Å². The molecule has 0 spiro atoms. The van der Waals surface area contributed by atoms with Crippen LogP contribution in [0.2, 0.25) is 10.0 Å². The van der Waals surface area contributed by atoms with Gasteiger partial charge in [-0.05, 0) is 95.5 Å². The molecule has 4 aliphatic rings. The SMILES string of the molecule is COc1cc(-c2nccc(-c3cccc(-c4ccc(CNC5CCN(C6CCCCN6)CC5)c(OC)n4)c3Cl)c2Cl)ccc1CNC1CCN(C2CCCCN2)CC1. The standard InChI is InChI=1S/C46H60Cl2N8O2/c1-57-40-28-31(12-13-32(40)29-52-34-17-24-55(25-18-34)41-10-3-5-21-49-41)45-44(48)37(16-23-51-45)36-8-7-9-38(43(36)47)39-15-14-33(46(54-39)58-2)30-53-35-19-26-56(27-20-35)42-11-4-6-22-50-42/h7-9,12-16,23,28,34-35,41-42,49-50,52-53H,3-6,10-11,17-22,24-27,29-30H2,1-2H3. The van der Waals surface area contributed by atoms with E-state index in [0.29, 0.717) is 52.6 Å². The van der Waals surface area contributed by atoms with Crippen molar-refractivity contribution in [3.63, 3.8) is 0 Å². The number of benzene rings is 2. The van der Waals surface area contributed by atoms with Crippen LogP contribution in [0, 0.1) is 0 Å². The quantitative estimate of drug-likeness (QED) is 0.106. The predicted molar refractivity (Wildman–Crippen MR) is 236 cm³/mol. The number of hydrogen-bond acceptors (Lipinski definition) is 10. The lowest BCUT2D eigenvalue weighted by atomic mass is 9.98. The Hall–Kier alpha value is -3.32. The topological polar surface area (TPSA) is 98.8 Å². The van der Waals surface area contributed by atoms with E-state index in [4.69, 9.17) is 42.6 Å². The summed E-state index contributed by atoms with van der Waals surface area (Å²) in [6.07, 6.45) is 15.3. The van der Waals surface area contributed by atoms with Gasteiger partial charge >= 0.3 is 0 Å². The molecule has 4 saturated heterocycles. The normalized spacial score (nSPS) is 21.6. The first kappa shape index (κ1) is 41.4. The third kappa shape index (κ3) is 9.66. The lowest BCUT2D eigenvalue weighted by molar-refractivity contribution is 0.101. The van der Waals surface area contributed by atoms with E-state index in [1.54, 1.807) is 20.4 Å². The number of hydrogen-bond donors (Lipinski definition) is 4. The highest BCUT2D eigenvalue weighted by atomic mass is 35.5. The van der Waals surface area contributed by atoms with Crippen molar-refractivity contribution in [2.45, 2.75) is 102 Å². The first-order valence-electron chi connectivity index (χ1n) is 21.6. The number of rotatable bonds is 13. The molecular weight excluding hydrogens is 767 g/mol. The minimum atomic E-state index is 0.475. The molecule has 4 fully saturated rings. The van der Waals surface area contributed by atoms with Gasteiger partial charge in [0.1, 0.15) is 5.75 Å². The van der Waals surface area contributed by atoms with Gasteiger partial charge in [0.25, 0.3) is 0 Å². The zero-order valence-electron chi connectivity index (χ0n) is 34.2. The van der Waals surface area contributed by atoms with E-state index < -0.39 is 0 Å². The van der Waals surface area contributed by atoms with E-state index in [1.807, 2.05) is 36.4 Å². The van der Waals surface area contributed by atoms with Gasteiger partial charge in [-0.25, -0.2) is 4.98 Å². The summed E-state index contributed by atoms with van der Waals surface area (Å²) in [5.74, 6) is 1.41. The number of nitrogens with one attached hydrogen (secondary N) is 4. The Morgan fingerprint density at radius 2 is 1.28 bits per heavy atom. The van der Waals surface area contributed by atoms with Gasteiger partial charge in [0.15, 0.2) is 0 Å². The molecule has 2 atom stereocenters. The summed E-state index contributed by atoms with van der Waals surface area (Å²) in [4.78, 5) is 14.9. The number of pyridine rings is 2. The molecule has 0 saturated carbocycles. The number of piperidine rings is 4. The van der Waals surface area contributed by atoms with Gasteiger partial charge in [-0.3, -0.25) is 14.8 Å². The Labute approximate surface area is 354 Å². The molecule has 6 heterocycles. The van der Waals surface area contributed by atoms with Crippen LogP contribution >= 0.6 is 23.2 Å². The first-order chi connectivity index (χ1) is 28.5. The molecule has 4 N–H and O–H groups in total. The smallest absolute Gasteiger partial charge is 0.218 e. The number of ether oxygens (including phenoxy) is 2. The summed E-state index contributed by atoms with van der Waals surface area (Å²) in [6.45, 7) is 8.24. The monoisotopic (exact) mass is 826 g/mol. The highest BCUT2D eigenvalue weighted by Crippen LogP contribution is 2.42. The minimum absolute atomic E-state index is 0.475. The van der Waals surface area contributed by atoms with Crippen molar-refractivity contribution in [3.8, 4) is 45.3 Å². The van der Waals surface area contributed by atoms with Crippen molar-refractivity contribution in [3.05, 3.63) is 82.0 Å². The predicted octanol–water partition coefficient (Wildman–Crippen LogP) is 8.11. The second kappa shape index (κ2) is 19.8. The molecule has 12 heteroatoms. The number of nitrogens with zero attached hydrogens (tertiary/aromatic N) is 4. The number of likely N-dealkylation sites (tertiary alicyclic amines) is 2. The molecule has 310 valence electrons. The molecule has 0 bridgehead atoms. The Bertz CT molecular complexity index is 1830. The Morgan fingerprint density at radius 1 is 0.672 bits per heavy atom. The molecular formula is C46H60Cl2N8O2. The van der Waals surface area contributed by atoms with Crippen LogP contribution in [-0.2, 0) is 13.1 Å². The highest BCUT2D eigenvalue weighted by Gasteiger charge is 2.28. The lowest BCUT2D eigenvalue weighted by Crippen LogP contribution is -2.53. The lowest BCUT2D eigenvalue weighted by Gasteiger charge is -2.40. The van der Waals surface area contributed by atoms with E-state index in [-0.39, 0.29) is 0 Å². The Kier molecular flexibility index (Phi) is 14.2. The summed E-state index contributed by atoms with van der Waals surface area (Å²) in [5, 5.41) is 16.1. The van der Waals surface area contributed by atoms with Gasteiger partial charge in [0.2, 0.25) is 5.88 Å². The van der Waals surface area contributed by atoms with Gasteiger partial charge < -0.3 is 30.7 Å². The molecule has 2 unspecified atom stereocenters. The molecule has 0 aliphatic carbocycles. The Morgan fingerprint density at radius 3 is 1.88 bits per heavy atom. The average molecular weight is 828 g/mol. The van der Waals surface area contributed by atoms with Crippen LogP contribution in [0.3, 0.4) is 0 Å². The molecule has 2 aromatic carbocycles. The van der Waals surface area contributed by atoms with Crippen LogP contribution in [0.5, 0.6) is 11.6 Å². The zero-order valence-corrected chi connectivity index (χ0v) is 35.7. The van der Waals surface area contributed by atoms with Crippen LogP contribution in [0.25, 0.3) is 33.6 Å². The van der Waals surface area contributed by atoms with E-state index >= 15 is 0 Å². The first-order valence-corrected chi connectivity index (χ1v) is 22.3. The molecule has 0 radical (unpaired) electrons. The van der Waals surface area contributed by atoms with Crippen molar-refractivity contribution < 1.29 is 9.47 Å². The fraction of sp³-hybridized carbons (Fsp3) is 0.522. The highest BCUT2D eigenvalue weighted by molar-refractivity contribution is 6.39. The van der Waals surface area contributed by atoms with Gasteiger partial charge in [-0.15, -0.1) is 0 Å². The summed E-state index contributed by atoms with van der Waals surface area (Å²) in [5.41, 5.74) is 6.87. The molecule has 2 aromatic heterocycles. The van der Waals surface area contributed by atoms with E-state index in [0.717, 1.165) is 116 Å². The molecule has 10 nitrogen and oxygen atoms in total. The molecule has 58 heavy (non-hydrogen) atoms. The van der Waals surface area contributed by atoms with Crippen LogP contribution in [0.1, 0.15) is 75.3 Å². The average Bonchev–Trinajstić information content (AvgIpc) is 3.29. The third-order valence-corrected chi connectivity index (χ3v) is 13.6. The van der Waals surface area contributed by atoms with E-state index in [1.165, 1.54) is 38.5 Å². The maximum atomic E-state index is 7.22. The minimum Gasteiger partial charge on any atom is -0.496 e. The van der Waals surface area contributed by atoms with Crippen LogP contribution in [0.15, 0.2) is 60.8 Å². The summed E-state index contributed by atoms with van der Waals surface area (Å²) in [7, 11) is 3.40. The molecule has 4 aliphatic heterocycles. The summed E-state index contributed by atoms with van der Waals surface area (Å²) < 4.78 is 11.7. The van der Waals surface area contributed by atoms with Crippen molar-refractivity contribution in [2.75, 3.05) is 53.5 Å². The largest absolute Gasteiger partial charge is 0.496 e. The summed E-state index contributed by atoms with van der Waals surface area (Å²) in [6, 6.07) is 19.2. The molecule has 4 aromatic rings. The Balaban J connectivity index is 0.919. The van der Waals surface area contributed by atoms with Crippen molar-refractivity contribution >= 4 is 23.2 Å². The van der Waals surface area contributed by atoms with Crippen molar-refractivity contribution in [2.24, 2.45) is 0 Å². The van der Waals surface area contributed by atoms with Gasteiger partial charge in [-0.2, -0.15) is 0 Å². The zero-order chi connectivity index (χ0) is 39.8. The van der Waals surface area contributed by atoms with Crippen molar-refractivity contribution in [1.29, 1.82) is 0 Å². The van der Waals surface area contributed by atoms with E-state index in [9.17, 15) is 0 Å². The third-order valence-electron chi connectivity index (χ3n) is 12.8. The fourth-order valence-electron chi connectivity index (χ4n) is 9.39. The second-order valence-electron chi connectivity index (χ2n) is 16.4. The van der Waals surface area contributed by atoms with Gasteiger partial charge in [-0.1, -0.05) is 59.6 Å². The fourth-order valence-corrected chi connectivity index (χ4v) is 10.0. The van der Waals surface area contributed by atoms with Gasteiger partial charge in [0.05, 0.1) is 48.0 Å². The number of aromatic nitrogens is 2. The maximum absolute atomic E-state index is 7.22. The van der Waals surface area contributed by atoms with Crippen molar-refractivity contribution in [1.82, 2.24) is 41.0 Å². The van der Waals surface area contributed by atoms with Crippen LogP contribution in [-0.4, -0.2) is 97.7 Å². The number of halogens is 2. The van der Waals surface area contributed by atoms with Crippen LogP contribution < -0.4 is 30.7 Å². The summed E-state index contributed by atoms with van der Waals surface area (Å²) >= 11 is 14.4. The molecule has 0 amide bonds. The van der Waals surface area contributed by atoms with Gasteiger partial charge in [0, 0.05) is 90.9 Å². The molecule has 8 rings (SSSR count). The second-order valence-corrected chi connectivity index (χ2v) is 17.1.